The predicted octanol–water partition coefficient (Wildman–Crippen LogP) is 3.93. The lowest BCUT2D eigenvalue weighted by molar-refractivity contribution is 0.0891. The topological polar surface area (TPSA) is 53.4 Å². The molecule has 2 heterocycles. The van der Waals surface area contributed by atoms with E-state index in [4.69, 9.17) is 9.47 Å². The molecular weight excluding hydrogens is 324 g/mol. The van der Waals surface area contributed by atoms with Crippen LogP contribution in [0.2, 0.25) is 0 Å². The molecular formula is C18H16N2O3S. The van der Waals surface area contributed by atoms with Gasteiger partial charge in [0.1, 0.15) is 0 Å². The molecule has 1 aliphatic rings. The molecule has 1 unspecified atom stereocenters. The van der Waals surface area contributed by atoms with Gasteiger partial charge in [0, 0.05) is 11.7 Å². The van der Waals surface area contributed by atoms with E-state index in [9.17, 15) is 4.79 Å². The Morgan fingerprint density at radius 2 is 1.92 bits per heavy atom. The van der Waals surface area contributed by atoms with E-state index >= 15 is 0 Å². The molecule has 0 spiro atoms. The van der Waals surface area contributed by atoms with Crippen LogP contribution in [0.25, 0.3) is 11.0 Å². The van der Waals surface area contributed by atoms with Crippen molar-refractivity contribution in [2.75, 3.05) is 14.2 Å². The average molecular weight is 340 g/mol. The molecule has 0 saturated carbocycles. The Balaban J connectivity index is 1.74. The molecule has 0 radical (unpaired) electrons. The van der Waals surface area contributed by atoms with E-state index in [1.54, 1.807) is 30.5 Å². The molecule has 1 aromatic heterocycles. The van der Waals surface area contributed by atoms with Crippen LogP contribution in [0.1, 0.15) is 22.0 Å². The molecule has 2 aromatic carbocycles. The highest BCUT2D eigenvalue weighted by molar-refractivity contribution is 7.99. The maximum atomic E-state index is 12.7. The molecule has 122 valence electrons. The van der Waals surface area contributed by atoms with Crippen molar-refractivity contribution in [3.8, 4) is 11.5 Å². The van der Waals surface area contributed by atoms with Crippen molar-refractivity contribution in [1.29, 1.82) is 0 Å². The fourth-order valence-corrected chi connectivity index (χ4v) is 4.20. The van der Waals surface area contributed by atoms with Crippen LogP contribution in [0.15, 0.2) is 47.6 Å². The highest BCUT2D eigenvalue weighted by atomic mass is 32.2. The van der Waals surface area contributed by atoms with Gasteiger partial charge in [-0.3, -0.25) is 9.36 Å². The summed E-state index contributed by atoms with van der Waals surface area (Å²) in [5, 5.41) is 0.758. The zero-order valence-electron chi connectivity index (χ0n) is 13.4. The molecule has 0 aliphatic carbocycles. The van der Waals surface area contributed by atoms with Gasteiger partial charge in [-0.1, -0.05) is 30.0 Å². The number of hydrogen-bond donors (Lipinski definition) is 0. The molecule has 0 saturated heterocycles. The van der Waals surface area contributed by atoms with Gasteiger partial charge in [-0.15, -0.1) is 0 Å². The first-order valence-electron chi connectivity index (χ1n) is 7.60. The summed E-state index contributed by atoms with van der Waals surface area (Å²) in [5.41, 5.74) is 2.75. The largest absolute Gasteiger partial charge is 0.493 e. The smallest absolute Gasteiger partial charge is 0.234 e. The van der Waals surface area contributed by atoms with Gasteiger partial charge in [0.25, 0.3) is 0 Å². The summed E-state index contributed by atoms with van der Waals surface area (Å²) in [6, 6.07) is 13.5. The Hall–Kier alpha value is -2.47. The Kier molecular flexibility index (Phi) is 3.69. The number of para-hydroxylation sites is 2. The van der Waals surface area contributed by atoms with Crippen molar-refractivity contribution in [3.63, 3.8) is 0 Å². The van der Waals surface area contributed by atoms with Gasteiger partial charge >= 0.3 is 0 Å². The molecule has 3 aromatic rings. The van der Waals surface area contributed by atoms with Gasteiger partial charge in [0.2, 0.25) is 5.91 Å². The van der Waals surface area contributed by atoms with Crippen molar-refractivity contribution in [1.82, 2.24) is 9.55 Å². The molecule has 1 atom stereocenters. The number of methoxy groups -OCH3 is 2. The zero-order chi connectivity index (χ0) is 16.7. The van der Waals surface area contributed by atoms with E-state index in [1.807, 2.05) is 42.5 Å². The summed E-state index contributed by atoms with van der Waals surface area (Å²) in [5.74, 6) is 1.42. The summed E-state index contributed by atoms with van der Waals surface area (Å²) in [6.07, 6.45) is 0.424. The van der Waals surface area contributed by atoms with Gasteiger partial charge in [-0.05, 0) is 29.8 Å². The summed E-state index contributed by atoms with van der Waals surface area (Å²) in [6.45, 7) is 0. The van der Waals surface area contributed by atoms with Crippen molar-refractivity contribution < 1.29 is 14.3 Å². The second kappa shape index (κ2) is 5.87. The lowest BCUT2D eigenvalue weighted by atomic mass is 10.1. The fourth-order valence-electron chi connectivity index (χ4n) is 2.98. The monoisotopic (exact) mass is 340 g/mol. The maximum absolute atomic E-state index is 12.7. The van der Waals surface area contributed by atoms with Crippen LogP contribution in [0, 0.1) is 0 Å². The van der Waals surface area contributed by atoms with Gasteiger partial charge in [-0.25, -0.2) is 4.98 Å². The number of benzene rings is 2. The Bertz CT molecular complexity index is 935. The molecule has 0 N–H and O–H groups in total. The van der Waals surface area contributed by atoms with E-state index in [0.717, 1.165) is 21.8 Å². The first-order valence-corrected chi connectivity index (χ1v) is 8.48. The highest BCUT2D eigenvalue weighted by Crippen LogP contribution is 2.44. The van der Waals surface area contributed by atoms with Crippen LogP contribution in [-0.2, 0) is 0 Å². The van der Waals surface area contributed by atoms with Crippen LogP contribution < -0.4 is 9.47 Å². The predicted molar refractivity (Wildman–Crippen MR) is 93.1 cm³/mol. The minimum Gasteiger partial charge on any atom is -0.493 e. The summed E-state index contributed by atoms with van der Waals surface area (Å²) >= 11 is 1.61. The van der Waals surface area contributed by atoms with Crippen LogP contribution in [0.3, 0.4) is 0 Å². The molecule has 4 rings (SSSR count). The average Bonchev–Trinajstić information content (AvgIpc) is 2.99. The number of fused-ring (bicyclic) bond motifs is 3. The van der Waals surface area contributed by atoms with Gasteiger partial charge in [0.05, 0.1) is 25.3 Å². The van der Waals surface area contributed by atoms with Gasteiger partial charge < -0.3 is 9.47 Å². The van der Waals surface area contributed by atoms with Crippen molar-refractivity contribution >= 4 is 28.7 Å². The second-order valence-electron chi connectivity index (χ2n) is 5.54. The number of nitrogens with zero attached hydrogens (tertiary/aromatic N) is 2. The third-order valence-corrected chi connectivity index (χ3v) is 5.37. The molecule has 24 heavy (non-hydrogen) atoms. The van der Waals surface area contributed by atoms with Crippen molar-refractivity contribution in [3.05, 3.63) is 48.0 Å². The summed E-state index contributed by atoms with van der Waals surface area (Å²) < 4.78 is 12.4. The molecule has 0 amide bonds. The summed E-state index contributed by atoms with van der Waals surface area (Å²) in [4.78, 5) is 17.3. The third-order valence-electron chi connectivity index (χ3n) is 4.17. The number of carbonyl (C=O) groups is 1. The van der Waals surface area contributed by atoms with Crippen molar-refractivity contribution in [2.45, 2.75) is 16.8 Å². The molecule has 0 bridgehead atoms. The number of rotatable bonds is 3. The SMILES string of the molecule is COc1ccc(C2CC(=O)n3c(nc4ccccc43)S2)cc1OC. The van der Waals surface area contributed by atoms with Crippen LogP contribution in [0.5, 0.6) is 11.5 Å². The number of hydrogen-bond acceptors (Lipinski definition) is 5. The van der Waals surface area contributed by atoms with Crippen molar-refractivity contribution in [2.24, 2.45) is 0 Å². The Morgan fingerprint density at radius 1 is 1.12 bits per heavy atom. The zero-order valence-corrected chi connectivity index (χ0v) is 14.2. The Morgan fingerprint density at radius 3 is 2.71 bits per heavy atom. The second-order valence-corrected chi connectivity index (χ2v) is 6.71. The molecule has 1 aliphatic heterocycles. The molecule has 0 fully saturated rings. The maximum Gasteiger partial charge on any atom is 0.234 e. The van der Waals surface area contributed by atoms with Crippen LogP contribution in [-0.4, -0.2) is 29.7 Å². The number of aromatic nitrogens is 2. The van der Waals surface area contributed by atoms with Gasteiger partial charge in [0.15, 0.2) is 16.7 Å². The number of thioether (sulfide) groups is 1. The van der Waals surface area contributed by atoms with Crippen LogP contribution in [0.4, 0.5) is 0 Å². The normalized spacial score (nSPS) is 16.9. The van der Waals surface area contributed by atoms with E-state index in [-0.39, 0.29) is 11.2 Å². The van der Waals surface area contributed by atoms with Crippen LogP contribution >= 0.6 is 11.8 Å². The number of ether oxygens (including phenoxy) is 2. The fraction of sp³-hybridized carbons (Fsp3) is 0.222. The third kappa shape index (κ3) is 2.34. The van der Waals surface area contributed by atoms with E-state index < -0.39 is 0 Å². The minimum atomic E-state index is 0.0154. The molecule has 5 nitrogen and oxygen atoms in total. The summed E-state index contributed by atoms with van der Waals surface area (Å²) in [7, 11) is 3.22. The minimum absolute atomic E-state index is 0.0154. The number of carbonyl (C=O) groups excluding carboxylic acids is 1. The first kappa shape index (κ1) is 15.1. The van der Waals surface area contributed by atoms with E-state index in [0.29, 0.717) is 17.9 Å². The standard InChI is InChI=1S/C18H16N2O3S/c1-22-14-8-7-11(9-15(14)23-2)16-10-17(21)20-13-6-4-3-5-12(13)19-18(20)24-16/h3-9,16H,10H2,1-2H3. The lowest BCUT2D eigenvalue weighted by Gasteiger charge is -2.22. The van der Waals surface area contributed by atoms with E-state index in [2.05, 4.69) is 4.98 Å². The molecule has 6 heteroatoms. The van der Waals surface area contributed by atoms with Gasteiger partial charge in [-0.2, -0.15) is 0 Å². The number of imidazole rings is 1. The first-order chi connectivity index (χ1) is 11.7. The lowest BCUT2D eigenvalue weighted by Crippen LogP contribution is -2.19. The highest BCUT2D eigenvalue weighted by Gasteiger charge is 2.30. The van der Waals surface area contributed by atoms with E-state index in [1.165, 1.54) is 0 Å². The Labute approximate surface area is 143 Å². The quantitative estimate of drug-likeness (QED) is 0.723.